The third-order valence-electron chi connectivity index (χ3n) is 3.79. The molecule has 114 valence electrons. The Morgan fingerprint density at radius 3 is 2.75 bits per heavy atom. The maximum atomic E-state index is 12.4. The first-order valence-electron chi connectivity index (χ1n) is 7.00. The first-order valence-corrected chi connectivity index (χ1v) is 7.00. The molecule has 0 aliphatic carbocycles. The number of likely N-dealkylation sites (tertiary alicyclic amines) is 1. The Kier molecular flexibility index (Phi) is 5.19. The lowest BCUT2D eigenvalue weighted by atomic mass is 10.1. The molecule has 0 bridgehead atoms. The van der Waals surface area contributed by atoms with Crippen molar-refractivity contribution in [2.45, 2.75) is 31.5 Å². The Hall–Kier alpha value is -1.34. The molecule has 7 nitrogen and oxygen atoms in total. The highest BCUT2D eigenvalue weighted by molar-refractivity contribution is 5.75. The quantitative estimate of drug-likeness (QED) is 0.812. The number of ether oxygens (including phenoxy) is 2. The Balaban J connectivity index is 1.89. The second-order valence-corrected chi connectivity index (χ2v) is 5.27. The van der Waals surface area contributed by atoms with Crippen LogP contribution in [-0.4, -0.2) is 79.0 Å². The van der Waals surface area contributed by atoms with Crippen molar-refractivity contribution in [1.29, 1.82) is 0 Å². The second-order valence-electron chi connectivity index (χ2n) is 5.27. The minimum Gasteiger partial charge on any atom is -0.481 e. The topological polar surface area (TPSA) is 79.3 Å². The summed E-state index contributed by atoms with van der Waals surface area (Å²) in [6, 6.07) is -0.0366. The maximum Gasteiger partial charge on any atom is 0.320 e. The molecule has 2 aliphatic rings. The van der Waals surface area contributed by atoms with Crippen LogP contribution in [0.2, 0.25) is 0 Å². The number of carbonyl (C=O) groups excluding carboxylic acids is 1. The van der Waals surface area contributed by atoms with E-state index in [1.54, 1.807) is 16.9 Å². The van der Waals surface area contributed by atoms with Crippen LogP contribution in [0, 0.1) is 0 Å². The lowest BCUT2D eigenvalue weighted by Crippen LogP contribution is -2.54. The van der Waals surface area contributed by atoms with Crippen LogP contribution in [0.1, 0.15) is 19.3 Å². The van der Waals surface area contributed by atoms with Gasteiger partial charge in [-0.3, -0.25) is 4.79 Å². The number of hydrogen-bond acceptors (Lipinski definition) is 4. The van der Waals surface area contributed by atoms with Gasteiger partial charge in [-0.15, -0.1) is 0 Å². The molecule has 20 heavy (non-hydrogen) atoms. The molecule has 2 atom stereocenters. The Morgan fingerprint density at radius 2 is 2.05 bits per heavy atom. The van der Waals surface area contributed by atoms with Gasteiger partial charge in [0.1, 0.15) is 0 Å². The van der Waals surface area contributed by atoms with Crippen molar-refractivity contribution in [2.75, 3.05) is 39.9 Å². The number of carbonyl (C=O) groups is 2. The zero-order chi connectivity index (χ0) is 14.5. The molecule has 2 aliphatic heterocycles. The number of aliphatic carboxylic acids is 1. The number of methoxy groups -OCH3 is 1. The summed E-state index contributed by atoms with van der Waals surface area (Å²) in [7, 11) is 1.66. The van der Waals surface area contributed by atoms with E-state index in [1.165, 1.54) is 0 Å². The van der Waals surface area contributed by atoms with Crippen LogP contribution < -0.4 is 0 Å². The highest BCUT2D eigenvalue weighted by Gasteiger charge is 2.31. The molecule has 0 radical (unpaired) electrons. The van der Waals surface area contributed by atoms with Crippen molar-refractivity contribution in [1.82, 2.24) is 9.80 Å². The highest BCUT2D eigenvalue weighted by Crippen LogP contribution is 2.16. The van der Waals surface area contributed by atoms with Crippen LogP contribution in [0.15, 0.2) is 0 Å². The second kappa shape index (κ2) is 6.90. The Bertz CT molecular complexity index is 363. The minimum atomic E-state index is -0.901. The van der Waals surface area contributed by atoms with Crippen molar-refractivity contribution in [2.24, 2.45) is 0 Å². The summed E-state index contributed by atoms with van der Waals surface area (Å²) in [5.74, 6) is -0.901. The van der Waals surface area contributed by atoms with Crippen molar-refractivity contribution < 1.29 is 24.2 Å². The molecule has 1 N–H and O–H groups in total. The van der Waals surface area contributed by atoms with Crippen LogP contribution in [0.25, 0.3) is 0 Å². The summed E-state index contributed by atoms with van der Waals surface area (Å²) in [5, 5.41) is 8.80. The van der Waals surface area contributed by atoms with Crippen LogP contribution in [0.5, 0.6) is 0 Å². The zero-order valence-electron chi connectivity index (χ0n) is 11.8. The van der Waals surface area contributed by atoms with Crippen LogP contribution in [-0.2, 0) is 14.3 Å². The largest absolute Gasteiger partial charge is 0.481 e. The predicted octanol–water partition coefficient (Wildman–Crippen LogP) is 0.393. The van der Waals surface area contributed by atoms with Crippen molar-refractivity contribution in [3.63, 3.8) is 0 Å². The fourth-order valence-corrected chi connectivity index (χ4v) is 2.72. The van der Waals surface area contributed by atoms with Gasteiger partial charge in [0.15, 0.2) is 0 Å². The first-order chi connectivity index (χ1) is 9.60. The summed E-state index contributed by atoms with van der Waals surface area (Å²) in [5.41, 5.74) is 0. The van der Waals surface area contributed by atoms with Crippen molar-refractivity contribution in [3.8, 4) is 0 Å². The fourth-order valence-electron chi connectivity index (χ4n) is 2.72. The summed E-state index contributed by atoms with van der Waals surface area (Å²) in [4.78, 5) is 26.6. The smallest absolute Gasteiger partial charge is 0.320 e. The van der Waals surface area contributed by atoms with Crippen LogP contribution >= 0.6 is 0 Å². The maximum absolute atomic E-state index is 12.4. The summed E-state index contributed by atoms with van der Waals surface area (Å²) in [6.07, 6.45) is 1.54. The Morgan fingerprint density at radius 1 is 1.30 bits per heavy atom. The van der Waals surface area contributed by atoms with Gasteiger partial charge in [-0.25, -0.2) is 4.79 Å². The van der Waals surface area contributed by atoms with Gasteiger partial charge in [-0.2, -0.15) is 0 Å². The monoisotopic (exact) mass is 286 g/mol. The van der Waals surface area contributed by atoms with Gasteiger partial charge < -0.3 is 24.4 Å². The zero-order valence-corrected chi connectivity index (χ0v) is 11.8. The number of nitrogens with zero attached hydrogens (tertiary/aromatic N) is 2. The van der Waals surface area contributed by atoms with Gasteiger partial charge in [0.25, 0.3) is 0 Å². The number of piperidine rings is 1. The van der Waals surface area contributed by atoms with Gasteiger partial charge in [0, 0.05) is 33.3 Å². The summed E-state index contributed by atoms with van der Waals surface area (Å²) >= 11 is 0. The number of carboxylic acids is 1. The van der Waals surface area contributed by atoms with E-state index in [4.69, 9.17) is 14.6 Å². The van der Waals surface area contributed by atoms with Gasteiger partial charge in [-0.05, 0) is 12.8 Å². The summed E-state index contributed by atoms with van der Waals surface area (Å²) < 4.78 is 10.7. The van der Waals surface area contributed by atoms with Crippen LogP contribution in [0.3, 0.4) is 0 Å². The number of amides is 2. The molecule has 2 unspecified atom stereocenters. The number of hydrogen-bond donors (Lipinski definition) is 1. The average molecular weight is 286 g/mol. The standard InChI is InChI=1S/C13H22N2O5/c1-19-10-3-2-4-14(8-10)13(18)15-5-6-20-11(9-15)7-12(16)17/h10-11H,2-9H2,1H3,(H,16,17). The lowest BCUT2D eigenvalue weighted by molar-refractivity contribution is -0.141. The van der Waals surface area contributed by atoms with E-state index in [0.29, 0.717) is 26.2 Å². The molecule has 2 saturated heterocycles. The molecule has 7 heteroatoms. The first kappa shape index (κ1) is 15.1. The SMILES string of the molecule is COC1CCCN(C(=O)N2CCOC(CC(=O)O)C2)C1. The molecule has 2 amide bonds. The minimum absolute atomic E-state index is 0.0366. The van der Waals surface area contributed by atoms with E-state index in [1.807, 2.05) is 0 Å². The Labute approximate surface area is 118 Å². The average Bonchev–Trinajstić information content (AvgIpc) is 2.46. The van der Waals surface area contributed by atoms with E-state index < -0.39 is 12.1 Å². The molecule has 0 aromatic carbocycles. The van der Waals surface area contributed by atoms with E-state index in [2.05, 4.69) is 0 Å². The molecular formula is C13H22N2O5. The van der Waals surface area contributed by atoms with Gasteiger partial charge in [-0.1, -0.05) is 0 Å². The van der Waals surface area contributed by atoms with Crippen LogP contribution in [0.4, 0.5) is 4.79 Å². The normalized spacial score (nSPS) is 27.4. The lowest BCUT2D eigenvalue weighted by Gasteiger charge is -2.39. The molecular weight excluding hydrogens is 264 g/mol. The number of urea groups is 1. The van der Waals surface area contributed by atoms with E-state index in [9.17, 15) is 9.59 Å². The summed E-state index contributed by atoms with van der Waals surface area (Å²) in [6.45, 7) is 2.60. The van der Waals surface area contributed by atoms with Crippen molar-refractivity contribution in [3.05, 3.63) is 0 Å². The molecule has 0 aromatic rings. The molecule has 0 saturated carbocycles. The van der Waals surface area contributed by atoms with Gasteiger partial charge in [0.2, 0.25) is 0 Å². The van der Waals surface area contributed by atoms with E-state index in [0.717, 1.165) is 19.4 Å². The van der Waals surface area contributed by atoms with Gasteiger partial charge >= 0.3 is 12.0 Å². The molecule has 0 spiro atoms. The third kappa shape index (κ3) is 3.83. The van der Waals surface area contributed by atoms with Crippen molar-refractivity contribution >= 4 is 12.0 Å². The van der Waals surface area contributed by atoms with E-state index in [-0.39, 0.29) is 18.6 Å². The fraction of sp³-hybridized carbons (Fsp3) is 0.846. The molecule has 2 fully saturated rings. The molecule has 0 aromatic heterocycles. The number of carboxylic acid groups (broad SMARTS) is 1. The number of morpholine rings is 1. The number of rotatable bonds is 3. The van der Waals surface area contributed by atoms with Gasteiger partial charge in [0.05, 0.1) is 25.2 Å². The highest BCUT2D eigenvalue weighted by atomic mass is 16.5. The molecule has 2 heterocycles. The third-order valence-corrected chi connectivity index (χ3v) is 3.79. The predicted molar refractivity (Wildman–Crippen MR) is 70.6 cm³/mol. The molecule has 2 rings (SSSR count). The van der Waals surface area contributed by atoms with E-state index >= 15 is 0 Å².